The summed E-state index contributed by atoms with van der Waals surface area (Å²) in [5.41, 5.74) is 2.34. The van der Waals surface area contributed by atoms with E-state index in [-0.39, 0.29) is 5.89 Å². The zero-order valence-corrected chi connectivity index (χ0v) is 13.6. The van der Waals surface area contributed by atoms with Crippen molar-refractivity contribution in [2.75, 3.05) is 5.32 Å². The number of nitrogens with zero attached hydrogens (tertiary/aromatic N) is 1. The van der Waals surface area contributed by atoms with Gasteiger partial charge in [0.1, 0.15) is 5.52 Å². The van der Waals surface area contributed by atoms with Crippen molar-refractivity contribution >= 4 is 56.2 Å². The Hall–Kier alpha value is -2.11. The molecule has 6 heteroatoms. The van der Waals surface area contributed by atoms with Crippen LogP contribution >= 0.6 is 27.5 Å². The lowest BCUT2D eigenvalue weighted by Gasteiger charge is -2.01. The second kappa shape index (κ2) is 6.34. The Morgan fingerprint density at radius 3 is 2.91 bits per heavy atom. The van der Waals surface area contributed by atoms with Crippen LogP contribution in [0.1, 0.15) is 5.89 Å². The lowest BCUT2D eigenvalue weighted by atomic mass is 10.3. The van der Waals surface area contributed by atoms with Crippen molar-refractivity contribution < 1.29 is 9.21 Å². The van der Waals surface area contributed by atoms with Crippen LogP contribution in [0.25, 0.3) is 16.7 Å². The van der Waals surface area contributed by atoms with Crippen molar-refractivity contribution in [2.24, 2.45) is 0 Å². The third-order valence-electron chi connectivity index (χ3n) is 2.94. The number of carbonyl (C=O) groups excluding carboxylic acids is 1. The number of benzene rings is 2. The van der Waals surface area contributed by atoms with Crippen LogP contribution < -0.4 is 5.32 Å². The highest BCUT2D eigenvalue weighted by Gasteiger charge is 2.10. The van der Waals surface area contributed by atoms with E-state index in [1.54, 1.807) is 24.4 Å². The lowest BCUT2D eigenvalue weighted by Crippen LogP contribution is -1.93. The van der Waals surface area contributed by atoms with Crippen LogP contribution in [0, 0.1) is 0 Å². The zero-order valence-electron chi connectivity index (χ0n) is 11.2. The fraction of sp³-hybridized carbons (Fsp3) is 0. The quantitative estimate of drug-likeness (QED) is 0.519. The van der Waals surface area contributed by atoms with Gasteiger partial charge in [0.15, 0.2) is 11.9 Å². The van der Waals surface area contributed by atoms with Crippen LogP contribution in [0.2, 0.25) is 5.02 Å². The van der Waals surface area contributed by atoms with Crippen LogP contribution in [0.5, 0.6) is 0 Å². The fourth-order valence-corrected chi connectivity index (χ4v) is 2.48. The number of aldehydes is 1. The molecule has 0 fully saturated rings. The zero-order chi connectivity index (χ0) is 15.5. The minimum atomic E-state index is 0.245. The standard InChI is InChI=1S/C16H10BrClN2O2/c17-11-2-1-3-13(6-11)19-8-10(9-21)16-20-14-7-12(18)4-5-15(14)22-16/h1-9,19H/b10-8+. The second-order valence-electron chi connectivity index (χ2n) is 4.50. The molecule has 110 valence electrons. The molecule has 0 aliphatic carbocycles. The van der Waals surface area contributed by atoms with E-state index in [2.05, 4.69) is 26.2 Å². The van der Waals surface area contributed by atoms with E-state index < -0.39 is 0 Å². The number of oxazole rings is 1. The summed E-state index contributed by atoms with van der Waals surface area (Å²) in [6, 6.07) is 12.7. The Labute approximate surface area is 139 Å². The molecule has 0 aliphatic heterocycles. The van der Waals surface area contributed by atoms with Crippen molar-refractivity contribution in [3.05, 3.63) is 64.1 Å². The molecule has 0 saturated carbocycles. The molecule has 3 aromatic rings. The molecule has 1 aromatic heterocycles. The van der Waals surface area contributed by atoms with Crippen LogP contribution in [0.4, 0.5) is 5.69 Å². The number of nitrogens with one attached hydrogen (secondary N) is 1. The average molecular weight is 378 g/mol. The number of fused-ring (bicyclic) bond motifs is 1. The lowest BCUT2D eigenvalue weighted by molar-refractivity contribution is -0.103. The Morgan fingerprint density at radius 2 is 2.14 bits per heavy atom. The molecule has 2 aromatic carbocycles. The van der Waals surface area contributed by atoms with E-state index in [1.807, 2.05) is 24.3 Å². The molecule has 1 N–H and O–H groups in total. The third kappa shape index (κ3) is 3.21. The van der Waals surface area contributed by atoms with E-state index in [9.17, 15) is 4.79 Å². The molecule has 4 nitrogen and oxygen atoms in total. The molecule has 0 bridgehead atoms. The van der Waals surface area contributed by atoms with Gasteiger partial charge in [-0.3, -0.25) is 4.79 Å². The van der Waals surface area contributed by atoms with Crippen LogP contribution in [0.15, 0.2) is 57.6 Å². The molecule has 0 saturated heterocycles. The van der Waals surface area contributed by atoms with E-state index in [0.717, 1.165) is 10.2 Å². The SMILES string of the molecule is O=C/C(=C\Nc1cccc(Br)c1)c1nc2cc(Cl)ccc2o1. The van der Waals surface area contributed by atoms with Crippen molar-refractivity contribution in [3.63, 3.8) is 0 Å². The van der Waals surface area contributed by atoms with Gasteiger partial charge in [-0.2, -0.15) is 0 Å². The van der Waals surface area contributed by atoms with Crippen molar-refractivity contribution in [1.82, 2.24) is 4.98 Å². The predicted molar refractivity (Wildman–Crippen MR) is 90.8 cm³/mol. The van der Waals surface area contributed by atoms with E-state index in [4.69, 9.17) is 16.0 Å². The number of hydrogen-bond acceptors (Lipinski definition) is 4. The summed E-state index contributed by atoms with van der Waals surface area (Å²) in [6.07, 6.45) is 2.25. The van der Waals surface area contributed by atoms with Gasteiger partial charge in [-0.05, 0) is 36.4 Å². The summed E-state index contributed by atoms with van der Waals surface area (Å²) in [6.45, 7) is 0. The molecular formula is C16H10BrClN2O2. The summed E-state index contributed by atoms with van der Waals surface area (Å²) in [4.78, 5) is 15.6. The molecule has 22 heavy (non-hydrogen) atoms. The molecule has 1 heterocycles. The smallest absolute Gasteiger partial charge is 0.232 e. The van der Waals surface area contributed by atoms with Gasteiger partial charge in [-0.1, -0.05) is 33.6 Å². The first-order valence-corrected chi connectivity index (χ1v) is 7.57. The van der Waals surface area contributed by atoms with Gasteiger partial charge in [-0.25, -0.2) is 4.98 Å². The Kier molecular flexibility index (Phi) is 4.27. The maximum absolute atomic E-state index is 11.3. The number of halogens is 2. The summed E-state index contributed by atoms with van der Waals surface area (Å²) in [5.74, 6) is 0.245. The first-order chi connectivity index (χ1) is 10.7. The minimum Gasteiger partial charge on any atom is -0.436 e. The molecule has 3 rings (SSSR count). The largest absolute Gasteiger partial charge is 0.436 e. The average Bonchev–Trinajstić information content (AvgIpc) is 2.90. The van der Waals surface area contributed by atoms with Gasteiger partial charge >= 0.3 is 0 Å². The molecule has 0 aliphatic rings. The number of rotatable bonds is 4. The normalized spacial score (nSPS) is 11.6. The van der Waals surface area contributed by atoms with E-state index >= 15 is 0 Å². The van der Waals surface area contributed by atoms with Crippen molar-refractivity contribution in [3.8, 4) is 0 Å². The van der Waals surface area contributed by atoms with Crippen LogP contribution in [0.3, 0.4) is 0 Å². The highest BCUT2D eigenvalue weighted by Crippen LogP contribution is 2.23. The Morgan fingerprint density at radius 1 is 1.27 bits per heavy atom. The maximum Gasteiger partial charge on any atom is 0.232 e. The predicted octanol–water partition coefficient (Wildman–Crippen LogP) is 4.90. The van der Waals surface area contributed by atoms with Crippen LogP contribution in [-0.4, -0.2) is 11.3 Å². The van der Waals surface area contributed by atoms with Crippen molar-refractivity contribution in [1.29, 1.82) is 0 Å². The summed E-state index contributed by atoms with van der Waals surface area (Å²) < 4.78 is 6.51. The number of allylic oxidation sites excluding steroid dienone is 1. The van der Waals surface area contributed by atoms with Gasteiger partial charge in [0.25, 0.3) is 0 Å². The molecule has 0 spiro atoms. The van der Waals surface area contributed by atoms with E-state index in [0.29, 0.717) is 28.0 Å². The van der Waals surface area contributed by atoms with Gasteiger partial charge in [0, 0.05) is 21.4 Å². The molecule has 0 atom stereocenters. The highest BCUT2D eigenvalue weighted by atomic mass is 79.9. The third-order valence-corrected chi connectivity index (χ3v) is 3.67. The molecule has 0 unspecified atom stereocenters. The fourth-order valence-electron chi connectivity index (χ4n) is 1.91. The first kappa shape index (κ1) is 14.8. The number of carbonyl (C=O) groups is 1. The van der Waals surface area contributed by atoms with Crippen molar-refractivity contribution in [2.45, 2.75) is 0 Å². The Bertz CT molecular complexity index is 873. The number of hydrogen-bond donors (Lipinski definition) is 1. The first-order valence-electron chi connectivity index (χ1n) is 6.39. The van der Waals surface area contributed by atoms with Gasteiger partial charge in [0.2, 0.25) is 5.89 Å². The van der Waals surface area contributed by atoms with Gasteiger partial charge in [-0.15, -0.1) is 0 Å². The second-order valence-corrected chi connectivity index (χ2v) is 5.86. The molecule has 0 amide bonds. The van der Waals surface area contributed by atoms with E-state index in [1.165, 1.54) is 0 Å². The summed E-state index contributed by atoms with van der Waals surface area (Å²) in [7, 11) is 0. The number of aromatic nitrogens is 1. The van der Waals surface area contributed by atoms with Gasteiger partial charge in [0.05, 0.1) is 5.57 Å². The number of anilines is 1. The molecule has 0 radical (unpaired) electrons. The highest BCUT2D eigenvalue weighted by molar-refractivity contribution is 9.10. The summed E-state index contributed by atoms with van der Waals surface area (Å²) in [5, 5.41) is 3.61. The Balaban J connectivity index is 1.91. The van der Waals surface area contributed by atoms with Gasteiger partial charge < -0.3 is 9.73 Å². The monoisotopic (exact) mass is 376 g/mol. The molecular weight excluding hydrogens is 368 g/mol. The topological polar surface area (TPSA) is 55.1 Å². The summed E-state index contributed by atoms with van der Waals surface area (Å²) >= 11 is 9.30. The minimum absolute atomic E-state index is 0.245. The van der Waals surface area contributed by atoms with Crippen LogP contribution in [-0.2, 0) is 4.79 Å². The maximum atomic E-state index is 11.3.